The van der Waals surface area contributed by atoms with Gasteiger partial charge in [0.15, 0.2) is 0 Å². The van der Waals surface area contributed by atoms with E-state index in [1.807, 2.05) is 4.90 Å². The lowest BCUT2D eigenvalue weighted by atomic mass is 9.97. The summed E-state index contributed by atoms with van der Waals surface area (Å²) < 4.78 is 0. The molecule has 0 saturated heterocycles. The average molecular weight is 374 g/mol. The number of fused-ring (bicyclic) bond motifs is 3. The van der Waals surface area contributed by atoms with Gasteiger partial charge in [-0.3, -0.25) is 9.59 Å². The first-order valence-electron chi connectivity index (χ1n) is 10.00. The van der Waals surface area contributed by atoms with Gasteiger partial charge in [-0.25, -0.2) is 4.98 Å². The van der Waals surface area contributed by atoms with E-state index in [-0.39, 0.29) is 11.5 Å². The summed E-state index contributed by atoms with van der Waals surface area (Å²) in [5, 5.41) is 0.793. The maximum Gasteiger partial charge on any atom is 0.259 e. The SMILES string of the molecule is CCN(C(=O)CCc1nc2sc3c(c2c(=O)[nH]1)CCCC3)C1CCCC1. The Morgan fingerprint density at radius 3 is 2.77 bits per heavy atom. The molecule has 2 heterocycles. The Bertz CT molecular complexity index is 864. The molecule has 140 valence electrons. The van der Waals surface area contributed by atoms with E-state index in [1.165, 1.54) is 29.7 Å². The van der Waals surface area contributed by atoms with Crippen LogP contribution in [0.4, 0.5) is 0 Å². The van der Waals surface area contributed by atoms with E-state index in [4.69, 9.17) is 0 Å². The number of thiophene rings is 1. The third kappa shape index (κ3) is 3.31. The summed E-state index contributed by atoms with van der Waals surface area (Å²) in [7, 11) is 0. The first-order chi connectivity index (χ1) is 12.7. The highest BCUT2D eigenvalue weighted by atomic mass is 32.1. The molecule has 0 atom stereocenters. The molecule has 2 aromatic rings. The normalized spacial score (nSPS) is 17.6. The predicted octanol–water partition coefficient (Wildman–Crippen LogP) is 3.59. The zero-order chi connectivity index (χ0) is 18.1. The lowest BCUT2D eigenvalue weighted by Gasteiger charge is -2.27. The van der Waals surface area contributed by atoms with Crippen LogP contribution in [0.25, 0.3) is 10.2 Å². The lowest BCUT2D eigenvalue weighted by Crippen LogP contribution is -2.38. The van der Waals surface area contributed by atoms with E-state index < -0.39 is 0 Å². The minimum atomic E-state index is -0.0278. The van der Waals surface area contributed by atoms with Crippen molar-refractivity contribution >= 4 is 27.5 Å². The monoisotopic (exact) mass is 373 g/mol. The minimum absolute atomic E-state index is 0.0278. The molecule has 6 heteroatoms. The molecule has 1 fully saturated rings. The molecular formula is C20H27N3O2S. The summed E-state index contributed by atoms with van der Waals surface area (Å²) >= 11 is 1.67. The third-order valence-corrected chi connectivity index (χ3v) is 7.06. The van der Waals surface area contributed by atoms with E-state index in [2.05, 4.69) is 16.9 Å². The molecule has 0 spiro atoms. The van der Waals surface area contributed by atoms with Crippen molar-refractivity contribution in [1.82, 2.24) is 14.9 Å². The first-order valence-corrected chi connectivity index (χ1v) is 10.8. The van der Waals surface area contributed by atoms with Gasteiger partial charge in [-0.05, 0) is 51.0 Å². The largest absolute Gasteiger partial charge is 0.340 e. The summed E-state index contributed by atoms with van der Waals surface area (Å²) in [6, 6.07) is 0.408. The van der Waals surface area contributed by atoms with Gasteiger partial charge in [0.2, 0.25) is 5.91 Å². The zero-order valence-corrected chi connectivity index (χ0v) is 16.3. The smallest absolute Gasteiger partial charge is 0.259 e. The number of amides is 1. The fourth-order valence-electron chi connectivity index (χ4n) is 4.55. The standard InChI is InChI=1S/C20H27N3O2S/c1-2-23(13-7-3-4-8-13)17(24)12-11-16-21-19(25)18-14-9-5-6-10-15(14)26-20(18)22-16/h13H,2-12H2,1H3,(H,21,22,25). The molecule has 1 amide bonds. The second-order valence-corrected chi connectivity index (χ2v) is 8.61. The van der Waals surface area contributed by atoms with Gasteiger partial charge in [0.05, 0.1) is 5.39 Å². The lowest BCUT2D eigenvalue weighted by molar-refractivity contribution is -0.133. The van der Waals surface area contributed by atoms with Crippen LogP contribution in [-0.2, 0) is 24.1 Å². The summed E-state index contributed by atoms with van der Waals surface area (Å²) in [5.74, 6) is 0.838. The fraction of sp³-hybridized carbons (Fsp3) is 0.650. The molecular weight excluding hydrogens is 346 g/mol. The number of rotatable bonds is 5. The third-order valence-electron chi connectivity index (χ3n) is 5.88. The number of nitrogens with one attached hydrogen (secondary N) is 1. The van der Waals surface area contributed by atoms with Crippen LogP contribution in [0, 0.1) is 0 Å². The first kappa shape index (κ1) is 17.7. The maximum atomic E-state index is 12.7. The zero-order valence-electron chi connectivity index (χ0n) is 15.5. The topological polar surface area (TPSA) is 66.1 Å². The van der Waals surface area contributed by atoms with Gasteiger partial charge >= 0.3 is 0 Å². The van der Waals surface area contributed by atoms with E-state index in [0.29, 0.717) is 24.7 Å². The molecule has 4 rings (SSSR count). The van der Waals surface area contributed by atoms with Gasteiger partial charge < -0.3 is 9.88 Å². The van der Waals surface area contributed by atoms with Crippen LogP contribution < -0.4 is 5.56 Å². The van der Waals surface area contributed by atoms with E-state index in [9.17, 15) is 9.59 Å². The van der Waals surface area contributed by atoms with Crippen LogP contribution in [0.1, 0.15) is 68.1 Å². The number of nitrogens with zero attached hydrogens (tertiary/aromatic N) is 2. The van der Waals surface area contributed by atoms with Crippen molar-refractivity contribution in [3.63, 3.8) is 0 Å². The molecule has 2 aliphatic carbocycles. The van der Waals surface area contributed by atoms with Crippen molar-refractivity contribution in [2.45, 2.75) is 77.2 Å². The van der Waals surface area contributed by atoms with Gasteiger partial charge in [-0.2, -0.15) is 0 Å². The highest BCUT2D eigenvalue weighted by Gasteiger charge is 2.25. The number of hydrogen-bond acceptors (Lipinski definition) is 4. The number of H-pyrrole nitrogens is 1. The molecule has 1 saturated carbocycles. The fourth-order valence-corrected chi connectivity index (χ4v) is 5.83. The highest BCUT2D eigenvalue weighted by Crippen LogP contribution is 2.33. The van der Waals surface area contributed by atoms with Crippen LogP contribution in [0.2, 0.25) is 0 Å². The molecule has 2 aromatic heterocycles. The number of aromatic amines is 1. The Kier molecular flexibility index (Phi) is 5.11. The quantitative estimate of drug-likeness (QED) is 0.871. The maximum absolute atomic E-state index is 12.7. The van der Waals surface area contributed by atoms with Crippen LogP contribution in [0.5, 0.6) is 0 Å². The van der Waals surface area contributed by atoms with Crippen molar-refractivity contribution < 1.29 is 4.79 Å². The summed E-state index contributed by atoms with van der Waals surface area (Å²) in [6.07, 6.45) is 10.0. The molecule has 5 nitrogen and oxygen atoms in total. The van der Waals surface area contributed by atoms with Crippen molar-refractivity contribution in [3.8, 4) is 0 Å². The van der Waals surface area contributed by atoms with E-state index in [0.717, 1.165) is 48.9 Å². The molecule has 26 heavy (non-hydrogen) atoms. The summed E-state index contributed by atoms with van der Waals surface area (Å²) in [5.41, 5.74) is 1.19. The average Bonchev–Trinajstić information content (AvgIpc) is 3.28. The van der Waals surface area contributed by atoms with Gasteiger partial charge in [-0.15, -0.1) is 11.3 Å². The van der Waals surface area contributed by atoms with Crippen LogP contribution in [0.3, 0.4) is 0 Å². The van der Waals surface area contributed by atoms with E-state index >= 15 is 0 Å². The highest BCUT2D eigenvalue weighted by molar-refractivity contribution is 7.18. The molecule has 0 aromatic carbocycles. The van der Waals surface area contributed by atoms with Crippen molar-refractivity contribution in [2.24, 2.45) is 0 Å². The Morgan fingerprint density at radius 1 is 1.23 bits per heavy atom. The second-order valence-electron chi connectivity index (χ2n) is 7.52. The number of aromatic nitrogens is 2. The van der Waals surface area contributed by atoms with E-state index in [1.54, 1.807) is 11.3 Å². The van der Waals surface area contributed by atoms with Gasteiger partial charge in [0, 0.05) is 30.3 Å². The summed E-state index contributed by atoms with van der Waals surface area (Å²) in [6.45, 7) is 2.82. The van der Waals surface area contributed by atoms with Crippen molar-refractivity contribution in [1.29, 1.82) is 0 Å². The second kappa shape index (κ2) is 7.51. The van der Waals surface area contributed by atoms with Gasteiger partial charge in [0.25, 0.3) is 5.56 Å². The molecule has 2 aliphatic rings. The molecule has 0 bridgehead atoms. The predicted molar refractivity (Wildman–Crippen MR) is 105 cm³/mol. The Morgan fingerprint density at radius 2 is 2.00 bits per heavy atom. The summed E-state index contributed by atoms with van der Waals surface area (Å²) in [4.78, 5) is 37.1. The van der Waals surface area contributed by atoms with Crippen LogP contribution in [-0.4, -0.2) is 33.4 Å². The Balaban J connectivity index is 1.50. The number of aryl methyl sites for hydroxylation is 3. The number of hydrogen-bond donors (Lipinski definition) is 1. The van der Waals surface area contributed by atoms with Crippen molar-refractivity contribution in [3.05, 3.63) is 26.6 Å². The molecule has 0 unspecified atom stereocenters. The number of carbonyl (C=O) groups excluding carboxylic acids is 1. The molecule has 0 aliphatic heterocycles. The van der Waals surface area contributed by atoms with Crippen LogP contribution in [0.15, 0.2) is 4.79 Å². The Labute approximate surface area is 157 Å². The molecule has 1 N–H and O–H groups in total. The minimum Gasteiger partial charge on any atom is -0.340 e. The van der Waals surface area contributed by atoms with Crippen LogP contribution >= 0.6 is 11.3 Å². The van der Waals surface area contributed by atoms with Gasteiger partial charge in [-0.1, -0.05) is 12.8 Å². The van der Waals surface area contributed by atoms with Crippen molar-refractivity contribution in [2.75, 3.05) is 6.54 Å². The molecule has 0 radical (unpaired) electrons. The van der Waals surface area contributed by atoms with Gasteiger partial charge in [0.1, 0.15) is 10.7 Å². The Hall–Kier alpha value is -1.69. The number of carbonyl (C=O) groups is 1.